The number of anilines is 2. The minimum Gasteiger partial charge on any atom is -0.484 e. The topological polar surface area (TPSA) is 99.6 Å². The molecule has 0 radical (unpaired) electrons. The first-order chi connectivity index (χ1) is 12.9. The molecule has 3 rings (SSSR count). The fourth-order valence-electron chi connectivity index (χ4n) is 3.19. The summed E-state index contributed by atoms with van der Waals surface area (Å²) in [5.74, 6) is 0.384. The van der Waals surface area contributed by atoms with Gasteiger partial charge in [-0.25, -0.2) is 0 Å². The van der Waals surface area contributed by atoms with E-state index >= 15 is 0 Å². The summed E-state index contributed by atoms with van der Waals surface area (Å²) in [6, 6.07) is 12.2. The summed E-state index contributed by atoms with van der Waals surface area (Å²) >= 11 is 0. The third-order valence-corrected chi connectivity index (χ3v) is 5.13. The number of carbonyl (C=O) groups excluding carboxylic acids is 1. The van der Waals surface area contributed by atoms with Crippen LogP contribution in [0, 0.1) is 0 Å². The molecule has 0 bridgehead atoms. The molecule has 1 heterocycles. The van der Waals surface area contributed by atoms with E-state index in [1.807, 2.05) is 25.1 Å². The molecule has 6 nitrogen and oxygen atoms in total. The highest BCUT2D eigenvalue weighted by atomic mass is 16.6. The number of morpholine rings is 1. The van der Waals surface area contributed by atoms with Gasteiger partial charge < -0.3 is 26.3 Å². The average Bonchev–Trinajstić information content (AvgIpc) is 2.70. The van der Waals surface area contributed by atoms with E-state index in [0.29, 0.717) is 34.9 Å². The molecule has 1 aliphatic rings. The van der Waals surface area contributed by atoms with Gasteiger partial charge in [0.1, 0.15) is 17.5 Å². The number of hydrogen-bond donors (Lipinski definition) is 3. The number of nitrogens with one attached hydrogen (secondary N) is 1. The number of benzene rings is 2. The van der Waals surface area contributed by atoms with Gasteiger partial charge in [-0.3, -0.25) is 4.79 Å². The van der Waals surface area contributed by atoms with Crippen LogP contribution in [0.25, 0.3) is 0 Å². The van der Waals surface area contributed by atoms with Crippen LogP contribution >= 0.6 is 0 Å². The van der Waals surface area contributed by atoms with Crippen LogP contribution in [-0.4, -0.2) is 37.2 Å². The molecule has 0 aliphatic carbocycles. The van der Waals surface area contributed by atoms with Crippen LogP contribution in [0.15, 0.2) is 42.5 Å². The number of nitrogen functional groups attached to an aromatic ring is 2. The Kier molecular flexibility index (Phi) is 5.68. The molecule has 144 valence electrons. The first-order valence-corrected chi connectivity index (χ1v) is 9.24. The number of ether oxygens (including phenoxy) is 2. The molecule has 6 heteroatoms. The minimum atomic E-state index is -0.552. The Morgan fingerprint density at radius 1 is 1.26 bits per heavy atom. The normalized spacial score (nSPS) is 19.3. The molecule has 2 aromatic carbocycles. The second-order valence-electron chi connectivity index (χ2n) is 7.00. The van der Waals surface area contributed by atoms with Crippen LogP contribution in [0.1, 0.15) is 36.2 Å². The van der Waals surface area contributed by atoms with E-state index in [1.165, 1.54) is 0 Å². The monoisotopic (exact) mass is 369 g/mol. The summed E-state index contributed by atoms with van der Waals surface area (Å²) in [6.45, 7) is 6.28. The lowest BCUT2D eigenvalue weighted by molar-refractivity contribution is -0.0964. The van der Waals surface area contributed by atoms with Crippen LogP contribution in [0.5, 0.6) is 5.75 Å². The van der Waals surface area contributed by atoms with Gasteiger partial charge in [0, 0.05) is 18.7 Å². The number of para-hydroxylation sites is 1. The van der Waals surface area contributed by atoms with Crippen LogP contribution in [-0.2, 0) is 4.74 Å². The summed E-state index contributed by atoms with van der Waals surface area (Å²) < 4.78 is 12.3. The van der Waals surface area contributed by atoms with E-state index < -0.39 is 5.60 Å². The fraction of sp³-hybridized carbons (Fsp3) is 0.381. The zero-order chi connectivity index (χ0) is 19.4. The molecule has 2 unspecified atom stereocenters. The summed E-state index contributed by atoms with van der Waals surface area (Å²) in [6.07, 6.45) is 0.656. The standard InChI is InChI=1S/C21H27N3O3/c1-3-21(2,19-13-24-10-11-26-19)27-18-7-5-4-6-15(18)20(25)14-8-9-16(22)17(23)12-14/h4-9,12,19,24H,3,10-11,13,22-23H2,1-2H3. The average molecular weight is 369 g/mol. The molecular weight excluding hydrogens is 342 g/mol. The van der Waals surface area contributed by atoms with Crippen LogP contribution in [0.2, 0.25) is 0 Å². The Morgan fingerprint density at radius 2 is 2.04 bits per heavy atom. The second-order valence-corrected chi connectivity index (χ2v) is 7.00. The first kappa shape index (κ1) is 19.2. The largest absolute Gasteiger partial charge is 0.484 e. The Balaban J connectivity index is 1.90. The zero-order valence-corrected chi connectivity index (χ0v) is 15.8. The van der Waals surface area contributed by atoms with Crippen LogP contribution < -0.4 is 21.5 Å². The molecule has 1 saturated heterocycles. The van der Waals surface area contributed by atoms with Gasteiger partial charge in [-0.15, -0.1) is 0 Å². The Morgan fingerprint density at radius 3 is 2.70 bits per heavy atom. The van der Waals surface area contributed by atoms with Crippen molar-refractivity contribution in [2.24, 2.45) is 0 Å². The second kappa shape index (κ2) is 7.98. The quantitative estimate of drug-likeness (QED) is 0.535. The van der Waals surface area contributed by atoms with Crippen molar-refractivity contribution in [2.75, 3.05) is 31.2 Å². The highest BCUT2D eigenvalue weighted by molar-refractivity contribution is 6.11. The molecule has 2 aromatic rings. The molecule has 27 heavy (non-hydrogen) atoms. The molecule has 2 atom stereocenters. The lowest BCUT2D eigenvalue weighted by atomic mass is 9.94. The molecule has 1 fully saturated rings. The maximum absolute atomic E-state index is 13.1. The summed E-state index contributed by atoms with van der Waals surface area (Å²) in [5.41, 5.74) is 12.9. The predicted molar refractivity (Wildman–Crippen MR) is 107 cm³/mol. The highest BCUT2D eigenvalue weighted by Gasteiger charge is 2.37. The Bertz CT molecular complexity index is 818. The van der Waals surface area contributed by atoms with E-state index in [2.05, 4.69) is 12.2 Å². The van der Waals surface area contributed by atoms with Crippen molar-refractivity contribution in [1.82, 2.24) is 5.32 Å². The van der Waals surface area contributed by atoms with Crippen molar-refractivity contribution >= 4 is 17.2 Å². The Hall–Kier alpha value is -2.57. The van der Waals surface area contributed by atoms with E-state index in [4.69, 9.17) is 20.9 Å². The molecule has 0 saturated carbocycles. The number of hydrogen-bond acceptors (Lipinski definition) is 6. The van der Waals surface area contributed by atoms with Crippen LogP contribution in [0.4, 0.5) is 11.4 Å². The van der Waals surface area contributed by atoms with Gasteiger partial charge in [-0.05, 0) is 43.7 Å². The van der Waals surface area contributed by atoms with Crippen LogP contribution in [0.3, 0.4) is 0 Å². The van der Waals surface area contributed by atoms with Gasteiger partial charge in [0.2, 0.25) is 0 Å². The van der Waals surface area contributed by atoms with Crippen molar-refractivity contribution < 1.29 is 14.3 Å². The van der Waals surface area contributed by atoms with E-state index in [1.54, 1.807) is 24.3 Å². The lowest BCUT2D eigenvalue weighted by Gasteiger charge is -2.39. The summed E-state index contributed by atoms with van der Waals surface area (Å²) in [4.78, 5) is 13.1. The van der Waals surface area contributed by atoms with Crippen molar-refractivity contribution in [1.29, 1.82) is 0 Å². The Labute approximate surface area is 159 Å². The van der Waals surface area contributed by atoms with Gasteiger partial charge in [0.05, 0.1) is 23.5 Å². The lowest BCUT2D eigenvalue weighted by Crippen LogP contribution is -2.54. The number of ketones is 1. The van der Waals surface area contributed by atoms with E-state index in [0.717, 1.165) is 19.5 Å². The number of rotatable bonds is 6. The smallest absolute Gasteiger partial charge is 0.196 e. The van der Waals surface area contributed by atoms with Crippen molar-refractivity contribution in [3.05, 3.63) is 53.6 Å². The van der Waals surface area contributed by atoms with Gasteiger partial charge in [0.15, 0.2) is 5.78 Å². The van der Waals surface area contributed by atoms with E-state index in [-0.39, 0.29) is 11.9 Å². The van der Waals surface area contributed by atoms with Gasteiger partial charge in [-0.2, -0.15) is 0 Å². The van der Waals surface area contributed by atoms with Gasteiger partial charge in [0.25, 0.3) is 0 Å². The number of nitrogens with two attached hydrogens (primary N) is 2. The van der Waals surface area contributed by atoms with E-state index in [9.17, 15) is 4.79 Å². The first-order valence-electron chi connectivity index (χ1n) is 9.24. The molecular formula is C21H27N3O3. The molecule has 0 spiro atoms. The van der Waals surface area contributed by atoms with Gasteiger partial charge in [-0.1, -0.05) is 19.1 Å². The van der Waals surface area contributed by atoms with Crippen molar-refractivity contribution in [2.45, 2.75) is 32.0 Å². The summed E-state index contributed by atoms with van der Waals surface area (Å²) in [5, 5.41) is 3.34. The fourth-order valence-corrected chi connectivity index (χ4v) is 3.19. The zero-order valence-electron chi connectivity index (χ0n) is 15.8. The minimum absolute atomic E-state index is 0.0911. The highest BCUT2D eigenvalue weighted by Crippen LogP contribution is 2.31. The predicted octanol–water partition coefficient (Wildman–Crippen LogP) is 2.62. The number of carbonyl (C=O) groups is 1. The summed E-state index contributed by atoms with van der Waals surface area (Å²) in [7, 11) is 0. The SMILES string of the molecule is CCC(C)(Oc1ccccc1C(=O)c1ccc(N)c(N)c1)C1CNCCO1. The van der Waals surface area contributed by atoms with Crippen molar-refractivity contribution in [3.63, 3.8) is 0 Å². The van der Waals surface area contributed by atoms with Gasteiger partial charge >= 0.3 is 0 Å². The molecule has 5 N–H and O–H groups in total. The third kappa shape index (κ3) is 4.07. The maximum Gasteiger partial charge on any atom is 0.196 e. The van der Waals surface area contributed by atoms with Crippen molar-refractivity contribution in [3.8, 4) is 5.75 Å². The third-order valence-electron chi connectivity index (χ3n) is 5.13. The molecule has 0 aromatic heterocycles. The maximum atomic E-state index is 13.1. The molecule has 0 amide bonds. The molecule has 1 aliphatic heterocycles.